The third-order valence-corrected chi connectivity index (χ3v) is 2.80. The number of nitrogens with zero attached hydrogens (tertiary/aromatic N) is 5. The number of aromatic amines is 1. The average molecular weight is 295 g/mol. The van der Waals surface area contributed by atoms with Gasteiger partial charge >= 0.3 is 6.09 Å². The quantitative estimate of drug-likeness (QED) is 0.822. The maximum absolute atomic E-state index is 12.1. The maximum atomic E-state index is 12.1. The van der Waals surface area contributed by atoms with Crippen LogP contribution in [0.5, 0.6) is 0 Å². The number of hydrogen-bond donors (Lipinski definition) is 2. The van der Waals surface area contributed by atoms with E-state index in [2.05, 4.69) is 30.9 Å². The number of aliphatic imine (C=N–C) groups is 1. The van der Waals surface area contributed by atoms with Crippen LogP contribution in [-0.4, -0.2) is 62.7 Å². The fourth-order valence-corrected chi connectivity index (χ4v) is 1.86. The largest absolute Gasteiger partial charge is 0.444 e. The van der Waals surface area contributed by atoms with Crippen LogP contribution in [0.4, 0.5) is 4.79 Å². The Balaban J connectivity index is 1.91. The number of hydrogen-bond acceptors (Lipinski definition) is 7. The van der Waals surface area contributed by atoms with E-state index in [-0.39, 0.29) is 12.1 Å². The molecule has 0 fully saturated rings. The summed E-state index contributed by atoms with van der Waals surface area (Å²) >= 11 is 0. The number of nitrogens with one attached hydrogen (secondary N) is 2. The van der Waals surface area contributed by atoms with Crippen LogP contribution in [0.15, 0.2) is 4.99 Å². The molecule has 2 rings (SSSR count). The van der Waals surface area contributed by atoms with Crippen LogP contribution in [-0.2, 0) is 4.74 Å². The van der Waals surface area contributed by atoms with E-state index in [0.717, 1.165) is 0 Å². The maximum Gasteiger partial charge on any atom is 0.410 e. The highest BCUT2D eigenvalue weighted by Crippen LogP contribution is 2.12. The summed E-state index contributed by atoms with van der Waals surface area (Å²) in [6, 6.07) is -0.138. The van der Waals surface area contributed by atoms with Gasteiger partial charge in [-0.2, -0.15) is 5.21 Å². The lowest BCUT2D eigenvalue weighted by atomic mass is 10.2. The third-order valence-electron chi connectivity index (χ3n) is 2.80. The summed E-state index contributed by atoms with van der Waals surface area (Å²) in [5, 5.41) is 16.9. The lowest BCUT2D eigenvalue weighted by Gasteiger charge is -2.30. The van der Waals surface area contributed by atoms with Gasteiger partial charge in [0.05, 0.1) is 19.1 Å². The molecule has 9 nitrogen and oxygen atoms in total. The second kappa shape index (κ2) is 6.06. The zero-order chi connectivity index (χ0) is 15.5. The van der Waals surface area contributed by atoms with Gasteiger partial charge in [0, 0.05) is 6.54 Å². The predicted molar refractivity (Wildman–Crippen MR) is 75.8 cm³/mol. The second-order valence-electron chi connectivity index (χ2n) is 5.87. The van der Waals surface area contributed by atoms with Gasteiger partial charge < -0.3 is 10.1 Å². The number of ether oxygens (including phenoxy) is 1. The molecule has 1 atom stereocenters. The predicted octanol–water partition coefficient (Wildman–Crippen LogP) is 0.500. The second-order valence-corrected chi connectivity index (χ2v) is 5.87. The van der Waals surface area contributed by atoms with Gasteiger partial charge in [0.15, 0.2) is 5.82 Å². The Morgan fingerprint density at radius 2 is 2.24 bits per heavy atom. The van der Waals surface area contributed by atoms with Crippen molar-refractivity contribution < 1.29 is 9.53 Å². The van der Waals surface area contributed by atoms with Gasteiger partial charge in [-0.05, 0) is 27.7 Å². The molecule has 0 aromatic carbocycles. The zero-order valence-electron chi connectivity index (χ0n) is 12.8. The summed E-state index contributed by atoms with van der Waals surface area (Å²) in [5.41, 5.74) is -0.503. The fraction of sp³-hybridized carbons (Fsp3) is 0.750. The van der Waals surface area contributed by atoms with Crippen LogP contribution in [0, 0.1) is 0 Å². The molecule has 1 aromatic rings. The monoisotopic (exact) mass is 295 g/mol. The van der Waals surface area contributed by atoms with E-state index in [1.54, 1.807) is 4.90 Å². The third kappa shape index (κ3) is 4.40. The van der Waals surface area contributed by atoms with E-state index < -0.39 is 5.60 Å². The van der Waals surface area contributed by atoms with Crippen LogP contribution in [0.2, 0.25) is 0 Å². The summed E-state index contributed by atoms with van der Waals surface area (Å²) in [6.45, 7) is 8.93. The molecule has 2 N–H and O–H groups in total. The van der Waals surface area contributed by atoms with Gasteiger partial charge in [0.1, 0.15) is 11.4 Å². The molecule has 0 saturated heterocycles. The van der Waals surface area contributed by atoms with Crippen LogP contribution < -0.4 is 5.32 Å². The summed E-state index contributed by atoms with van der Waals surface area (Å²) in [5.74, 6) is 1.26. The van der Waals surface area contributed by atoms with Crippen LogP contribution in [0.1, 0.15) is 39.6 Å². The van der Waals surface area contributed by atoms with Gasteiger partial charge in [-0.3, -0.25) is 9.89 Å². The first-order chi connectivity index (χ1) is 9.85. The Labute approximate surface area is 123 Å². The first-order valence-corrected chi connectivity index (χ1v) is 6.86. The molecular formula is C12H21N7O2. The molecule has 116 valence electrons. The molecule has 1 aliphatic heterocycles. The van der Waals surface area contributed by atoms with Crippen LogP contribution >= 0.6 is 0 Å². The molecule has 1 amide bonds. The molecule has 0 saturated carbocycles. The molecule has 0 bridgehead atoms. The van der Waals surface area contributed by atoms with E-state index >= 15 is 0 Å². The summed E-state index contributed by atoms with van der Waals surface area (Å²) in [4.78, 5) is 18.1. The lowest BCUT2D eigenvalue weighted by Crippen LogP contribution is -2.47. The Hall–Kier alpha value is -2.19. The molecule has 9 heteroatoms. The fourth-order valence-electron chi connectivity index (χ4n) is 1.86. The number of carbonyl (C=O) groups is 1. The Morgan fingerprint density at radius 1 is 1.48 bits per heavy atom. The van der Waals surface area contributed by atoms with Crippen molar-refractivity contribution in [1.29, 1.82) is 0 Å². The van der Waals surface area contributed by atoms with Gasteiger partial charge in [0.2, 0.25) is 0 Å². The minimum absolute atomic E-state index is 0.138. The highest BCUT2D eigenvalue weighted by molar-refractivity contribution is 5.88. The van der Waals surface area contributed by atoms with Gasteiger partial charge in [-0.25, -0.2) is 4.79 Å². The first-order valence-electron chi connectivity index (χ1n) is 6.86. The van der Waals surface area contributed by atoms with Crippen molar-refractivity contribution in [3.05, 3.63) is 5.82 Å². The molecular weight excluding hydrogens is 274 g/mol. The van der Waals surface area contributed by atoms with Crippen molar-refractivity contribution in [3.8, 4) is 0 Å². The van der Waals surface area contributed by atoms with Gasteiger partial charge in [-0.1, -0.05) is 5.21 Å². The van der Waals surface area contributed by atoms with Gasteiger partial charge in [-0.15, -0.1) is 10.2 Å². The van der Waals surface area contributed by atoms with E-state index in [1.165, 1.54) is 0 Å². The summed E-state index contributed by atoms with van der Waals surface area (Å²) < 4.78 is 5.37. The van der Waals surface area contributed by atoms with E-state index in [9.17, 15) is 4.79 Å². The number of H-pyrrole nitrogens is 1. The normalized spacial score (nSPS) is 17.1. The van der Waals surface area contributed by atoms with Crippen LogP contribution in [0.3, 0.4) is 0 Å². The smallest absolute Gasteiger partial charge is 0.410 e. The lowest BCUT2D eigenvalue weighted by molar-refractivity contribution is 0.0276. The Morgan fingerprint density at radius 3 is 2.86 bits per heavy atom. The minimum Gasteiger partial charge on any atom is -0.444 e. The van der Waals surface area contributed by atoms with Crippen molar-refractivity contribution in [2.45, 2.75) is 39.3 Å². The highest BCUT2D eigenvalue weighted by atomic mass is 16.6. The Kier molecular flexibility index (Phi) is 4.39. The standard InChI is InChI=1S/C12H21N7O2/c1-8(10-15-17-18-16-10)14-9-7-19(6-5-13-9)11(20)21-12(2,3)4/h8H,5-7H2,1-4H3,(H,13,14)(H,15,16,17,18). The van der Waals surface area contributed by atoms with Crippen molar-refractivity contribution >= 4 is 11.9 Å². The minimum atomic E-state index is -0.503. The van der Waals surface area contributed by atoms with E-state index in [0.29, 0.717) is 31.3 Å². The molecule has 21 heavy (non-hydrogen) atoms. The average Bonchev–Trinajstić information content (AvgIpc) is 2.91. The topological polar surface area (TPSA) is 108 Å². The number of amides is 1. The Bertz CT molecular complexity index is 506. The number of tetrazole rings is 1. The SMILES string of the molecule is CC(NC1=NCCN(C(=O)OC(C)(C)C)C1)c1nn[nH]n1. The van der Waals surface area contributed by atoms with Crippen molar-refractivity contribution in [3.63, 3.8) is 0 Å². The molecule has 1 unspecified atom stereocenters. The molecule has 1 aliphatic rings. The molecule has 1 aromatic heterocycles. The first kappa shape index (κ1) is 15.2. The molecule has 0 radical (unpaired) electrons. The molecule has 0 aliphatic carbocycles. The summed E-state index contributed by atoms with van der Waals surface area (Å²) in [6.07, 6.45) is -0.330. The number of amidine groups is 1. The van der Waals surface area contributed by atoms with Crippen molar-refractivity contribution in [1.82, 2.24) is 30.8 Å². The van der Waals surface area contributed by atoms with Crippen molar-refractivity contribution in [2.75, 3.05) is 19.6 Å². The number of carbonyl (C=O) groups excluding carboxylic acids is 1. The highest BCUT2D eigenvalue weighted by Gasteiger charge is 2.25. The van der Waals surface area contributed by atoms with Gasteiger partial charge in [0.25, 0.3) is 0 Å². The number of rotatable bonds is 2. The van der Waals surface area contributed by atoms with Crippen LogP contribution in [0.25, 0.3) is 0 Å². The van der Waals surface area contributed by atoms with E-state index in [4.69, 9.17) is 4.74 Å². The summed E-state index contributed by atoms with van der Waals surface area (Å²) in [7, 11) is 0. The molecule has 2 heterocycles. The zero-order valence-corrected chi connectivity index (χ0v) is 12.8. The molecule has 0 spiro atoms. The van der Waals surface area contributed by atoms with Crippen molar-refractivity contribution in [2.24, 2.45) is 4.99 Å². The van der Waals surface area contributed by atoms with E-state index in [1.807, 2.05) is 27.7 Å². The number of aromatic nitrogens is 4.